The zero-order valence-electron chi connectivity index (χ0n) is 13.8. The zero-order valence-corrected chi connectivity index (χ0v) is 14.6. The van der Waals surface area contributed by atoms with E-state index in [9.17, 15) is 13.2 Å². The van der Waals surface area contributed by atoms with Crippen LogP contribution in [-0.2, 0) is 10.0 Å². The number of pyridine rings is 1. The lowest BCUT2D eigenvalue weighted by Gasteiger charge is -2.34. The molecule has 1 amide bonds. The number of rotatable bonds is 4. The SMILES string of the molecule is COc1ccc(S(=O)(=O)N2CCN(C(=O)c3ccncc3)CC2)cc1. The minimum atomic E-state index is -3.57. The average Bonchev–Trinajstić information content (AvgIpc) is 2.68. The maximum absolute atomic E-state index is 12.7. The van der Waals surface area contributed by atoms with E-state index in [0.29, 0.717) is 24.4 Å². The summed E-state index contributed by atoms with van der Waals surface area (Å²) >= 11 is 0. The number of aromatic nitrogens is 1. The number of carbonyl (C=O) groups excluding carboxylic acids is 1. The van der Waals surface area contributed by atoms with E-state index in [-0.39, 0.29) is 23.9 Å². The van der Waals surface area contributed by atoms with E-state index < -0.39 is 10.0 Å². The van der Waals surface area contributed by atoms with Crippen LogP contribution < -0.4 is 4.74 Å². The summed E-state index contributed by atoms with van der Waals surface area (Å²) in [6, 6.07) is 9.61. The second kappa shape index (κ2) is 7.20. The molecule has 0 radical (unpaired) electrons. The number of nitrogens with zero attached hydrogens (tertiary/aromatic N) is 3. The number of hydrogen-bond donors (Lipinski definition) is 0. The molecule has 0 aliphatic carbocycles. The van der Waals surface area contributed by atoms with Crippen LogP contribution in [0.5, 0.6) is 5.75 Å². The Morgan fingerprint density at radius 1 is 1.00 bits per heavy atom. The topological polar surface area (TPSA) is 79.8 Å². The first-order chi connectivity index (χ1) is 12.0. The molecule has 1 aromatic carbocycles. The molecular weight excluding hydrogens is 342 g/mol. The fraction of sp³-hybridized carbons (Fsp3) is 0.294. The Morgan fingerprint density at radius 2 is 1.60 bits per heavy atom. The highest BCUT2D eigenvalue weighted by atomic mass is 32.2. The number of amides is 1. The van der Waals surface area contributed by atoms with Gasteiger partial charge in [-0.3, -0.25) is 9.78 Å². The van der Waals surface area contributed by atoms with Gasteiger partial charge >= 0.3 is 0 Å². The van der Waals surface area contributed by atoms with Gasteiger partial charge in [-0.2, -0.15) is 4.31 Å². The van der Waals surface area contributed by atoms with Crippen molar-refractivity contribution in [3.05, 3.63) is 54.4 Å². The van der Waals surface area contributed by atoms with Crippen LogP contribution in [0.15, 0.2) is 53.7 Å². The van der Waals surface area contributed by atoms with Gasteiger partial charge in [-0.05, 0) is 36.4 Å². The number of ether oxygens (including phenoxy) is 1. The van der Waals surface area contributed by atoms with E-state index >= 15 is 0 Å². The quantitative estimate of drug-likeness (QED) is 0.818. The maximum Gasteiger partial charge on any atom is 0.254 e. The van der Waals surface area contributed by atoms with Crippen molar-refractivity contribution in [1.29, 1.82) is 0 Å². The Morgan fingerprint density at radius 3 is 2.16 bits per heavy atom. The first-order valence-electron chi connectivity index (χ1n) is 7.86. The summed E-state index contributed by atoms with van der Waals surface area (Å²) in [5.41, 5.74) is 0.557. The van der Waals surface area contributed by atoms with Crippen molar-refractivity contribution in [2.75, 3.05) is 33.3 Å². The highest BCUT2D eigenvalue weighted by Gasteiger charge is 2.30. The Kier molecular flexibility index (Phi) is 5.00. The molecule has 1 fully saturated rings. The van der Waals surface area contributed by atoms with Crippen LogP contribution in [0.25, 0.3) is 0 Å². The van der Waals surface area contributed by atoms with Gasteiger partial charge in [0, 0.05) is 44.1 Å². The predicted molar refractivity (Wildman–Crippen MR) is 91.9 cm³/mol. The Labute approximate surface area is 146 Å². The smallest absolute Gasteiger partial charge is 0.254 e. The minimum Gasteiger partial charge on any atom is -0.497 e. The Hall–Kier alpha value is -2.45. The van der Waals surface area contributed by atoms with E-state index in [1.807, 2.05) is 0 Å². The number of methoxy groups -OCH3 is 1. The molecule has 0 atom stereocenters. The lowest BCUT2D eigenvalue weighted by molar-refractivity contribution is 0.0698. The van der Waals surface area contributed by atoms with E-state index in [1.165, 1.54) is 23.5 Å². The summed E-state index contributed by atoms with van der Waals surface area (Å²) in [6.07, 6.45) is 3.13. The molecular formula is C17H19N3O4S. The minimum absolute atomic E-state index is 0.108. The molecule has 1 saturated heterocycles. The lowest BCUT2D eigenvalue weighted by atomic mass is 10.2. The van der Waals surface area contributed by atoms with Crippen molar-refractivity contribution in [1.82, 2.24) is 14.2 Å². The fourth-order valence-corrected chi connectivity index (χ4v) is 4.13. The second-order valence-electron chi connectivity index (χ2n) is 5.61. The van der Waals surface area contributed by atoms with Crippen LogP contribution in [0.3, 0.4) is 0 Å². The molecule has 0 saturated carbocycles. The number of hydrogen-bond acceptors (Lipinski definition) is 5. The molecule has 3 rings (SSSR count). The van der Waals surface area contributed by atoms with Crippen molar-refractivity contribution >= 4 is 15.9 Å². The van der Waals surface area contributed by atoms with Crippen molar-refractivity contribution in [3.8, 4) is 5.75 Å². The monoisotopic (exact) mass is 361 g/mol. The fourth-order valence-electron chi connectivity index (χ4n) is 2.71. The summed E-state index contributed by atoms with van der Waals surface area (Å²) in [4.78, 5) is 18.2. The van der Waals surface area contributed by atoms with Gasteiger partial charge in [-0.15, -0.1) is 0 Å². The Bertz CT molecular complexity index is 830. The molecule has 8 heteroatoms. The predicted octanol–water partition coefficient (Wildman–Crippen LogP) is 1.24. The van der Waals surface area contributed by atoms with Crippen molar-refractivity contribution in [3.63, 3.8) is 0 Å². The standard InChI is InChI=1S/C17H19N3O4S/c1-24-15-2-4-16(5-3-15)25(22,23)20-12-10-19(11-13-20)17(21)14-6-8-18-9-7-14/h2-9H,10-13H2,1H3. The molecule has 0 N–H and O–H groups in total. The van der Waals surface area contributed by atoms with E-state index in [2.05, 4.69) is 4.98 Å². The van der Waals surface area contributed by atoms with Crippen LogP contribution in [0, 0.1) is 0 Å². The van der Waals surface area contributed by atoms with Crippen molar-refractivity contribution in [2.45, 2.75) is 4.90 Å². The molecule has 2 aromatic rings. The molecule has 7 nitrogen and oxygen atoms in total. The maximum atomic E-state index is 12.7. The third-order valence-electron chi connectivity index (χ3n) is 4.15. The van der Waals surface area contributed by atoms with Crippen molar-refractivity contribution < 1.29 is 17.9 Å². The number of piperazine rings is 1. The van der Waals surface area contributed by atoms with Gasteiger partial charge < -0.3 is 9.64 Å². The van der Waals surface area contributed by atoms with E-state index in [4.69, 9.17) is 4.74 Å². The van der Waals surface area contributed by atoms with Crippen LogP contribution in [-0.4, -0.2) is 61.8 Å². The molecule has 0 unspecified atom stereocenters. The summed E-state index contributed by atoms with van der Waals surface area (Å²) in [7, 11) is -2.04. The van der Waals surface area contributed by atoms with E-state index in [0.717, 1.165) is 0 Å². The molecule has 0 spiro atoms. The van der Waals surface area contributed by atoms with Crippen LogP contribution in [0.2, 0.25) is 0 Å². The van der Waals surface area contributed by atoms with E-state index in [1.54, 1.807) is 41.6 Å². The second-order valence-corrected chi connectivity index (χ2v) is 7.55. The molecule has 1 aromatic heterocycles. The third-order valence-corrected chi connectivity index (χ3v) is 6.06. The number of sulfonamides is 1. The third kappa shape index (κ3) is 3.64. The van der Waals surface area contributed by atoms with Crippen LogP contribution in [0.4, 0.5) is 0 Å². The van der Waals surface area contributed by atoms with Gasteiger partial charge in [-0.25, -0.2) is 8.42 Å². The van der Waals surface area contributed by atoms with Gasteiger partial charge in [0.25, 0.3) is 5.91 Å². The molecule has 0 bridgehead atoms. The largest absolute Gasteiger partial charge is 0.497 e. The Balaban J connectivity index is 1.67. The summed E-state index contributed by atoms with van der Waals surface area (Å²) in [5.74, 6) is 0.496. The number of benzene rings is 1. The van der Waals surface area contributed by atoms with Gasteiger partial charge in [0.05, 0.1) is 12.0 Å². The summed E-state index contributed by atoms with van der Waals surface area (Å²) in [5, 5.41) is 0. The molecule has 132 valence electrons. The highest BCUT2D eigenvalue weighted by molar-refractivity contribution is 7.89. The lowest BCUT2D eigenvalue weighted by Crippen LogP contribution is -2.50. The zero-order chi connectivity index (χ0) is 17.9. The summed E-state index contributed by atoms with van der Waals surface area (Å²) < 4.78 is 31.9. The van der Waals surface area contributed by atoms with Gasteiger partial charge in [0.2, 0.25) is 10.0 Å². The average molecular weight is 361 g/mol. The number of carbonyl (C=O) groups is 1. The summed E-state index contributed by atoms with van der Waals surface area (Å²) in [6.45, 7) is 1.25. The molecule has 2 heterocycles. The van der Waals surface area contributed by atoms with Crippen molar-refractivity contribution in [2.24, 2.45) is 0 Å². The van der Waals surface area contributed by atoms with Gasteiger partial charge in [-0.1, -0.05) is 0 Å². The molecule has 1 aliphatic rings. The first kappa shape index (κ1) is 17.4. The highest BCUT2D eigenvalue weighted by Crippen LogP contribution is 2.21. The van der Waals surface area contributed by atoms with Crippen LogP contribution in [0.1, 0.15) is 10.4 Å². The van der Waals surface area contributed by atoms with Gasteiger partial charge in [0.15, 0.2) is 0 Å². The van der Waals surface area contributed by atoms with Crippen LogP contribution >= 0.6 is 0 Å². The molecule has 1 aliphatic heterocycles. The normalized spacial score (nSPS) is 15.8. The molecule has 25 heavy (non-hydrogen) atoms. The first-order valence-corrected chi connectivity index (χ1v) is 9.30. The van der Waals surface area contributed by atoms with Gasteiger partial charge in [0.1, 0.15) is 5.75 Å².